The Labute approximate surface area is 108 Å². The molecule has 2 N–H and O–H groups in total. The van der Waals surface area contributed by atoms with E-state index in [1.165, 1.54) is 0 Å². The minimum absolute atomic E-state index is 0.415. The van der Waals surface area contributed by atoms with Gasteiger partial charge in [-0.25, -0.2) is 0 Å². The van der Waals surface area contributed by atoms with Crippen LogP contribution in [-0.2, 0) is 0 Å². The number of rotatable bonds is 5. The van der Waals surface area contributed by atoms with Crippen LogP contribution in [0.2, 0.25) is 0 Å². The standard InChI is InChI=1S/C13H19N3S/c1-10(7-8-17-3)16(2)12-6-4-5-11(9-14)13(12)15/h4-6,10H,7-8,15H2,1-3H3. The fourth-order valence-corrected chi connectivity index (χ4v) is 2.25. The maximum Gasteiger partial charge on any atom is 0.101 e. The average molecular weight is 249 g/mol. The minimum atomic E-state index is 0.415. The normalized spacial score (nSPS) is 11.9. The topological polar surface area (TPSA) is 53.0 Å². The van der Waals surface area contributed by atoms with E-state index in [-0.39, 0.29) is 0 Å². The van der Waals surface area contributed by atoms with Crippen molar-refractivity contribution in [3.05, 3.63) is 23.8 Å². The van der Waals surface area contributed by atoms with Crippen molar-refractivity contribution in [3.63, 3.8) is 0 Å². The van der Waals surface area contributed by atoms with Crippen LogP contribution in [0, 0.1) is 11.3 Å². The molecule has 1 rings (SSSR count). The van der Waals surface area contributed by atoms with Crippen LogP contribution in [0.3, 0.4) is 0 Å². The number of hydrogen-bond acceptors (Lipinski definition) is 4. The first-order valence-electron chi connectivity index (χ1n) is 5.62. The molecule has 0 fully saturated rings. The van der Waals surface area contributed by atoms with Crippen LogP contribution in [-0.4, -0.2) is 25.1 Å². The first-order chi connectivity index (χ1) is 8.11. The van der Waals surface area contributed by atoms with Gasteiger partial charge in [-0.05, 0) is 37.5 Å². The van der Waals surface area contributed by atoms with Gasteiger partial charge in [0.2, 0.25) is 0 Å². The molecule has 0 saturated heterocycles. The van der Waals surface area contributed by atoms with Gasteiger partial charge in [0.25, 0.3) is 0 Å². The third-order valence-corrected chi connectivity index (χ3v) is 3.63. The van der Waals surface area contributed by atoms with Crippen molar-refractivity contribution in [2.75, 3.05) is 29.7 Å². The number of anilines is 2. The maximum atomic E-state index is 8.95. The Morgan fingerprint density at radius 1 is 1.53 bits per heavy atom. The SMILES string of the molecule is CSCCC(C)N(C)c1cccc(C#N)c1N. The summed E-state index contributed by atoms with van der Waals surface area (Å²) in [5.41, 5.74) is 8.06. The van der Waals surface area contributed by atoms with E-state index in [0.717, 1.165) is 17.9 Å². The second-order valence-corrected chi connectivity index (χ2v) is 5.08. The summed E-state index contributed by atoms with van der Waals surface area (Å²) in [6, 6.07) is 8.12. The van der Waals surface area contributed by atoms with Crippen LogP contribution in [0.25, 0.3) is 0 Å². The van der Waals surface area contributed by atoms with Crippen molar-refractivity contribution in [1.82, 2.24) is 0 Å². The quantitative estimate of drug-likeness (QED) is 0.815. The maximum absolute atomic E-state index is 8.95. The van der Waals surface area contributed by atoms with Gasteiger partial charge in [0.05, 0.1) is 16.9 Å². The van der Waals surface area contributed by atoms with Gasteiger partial charge in [0.1, 0.15) is 6.07 Å². The van der Waals surface area contributed by atoms with Crippen molar-refractivity contribution in [1.29, 1.82) is 5.26 Å². The lowest BCUT2D eigenvalue weighted by atomic mass is 10.1. The van der Waals surface area contributed by atoms with Crippen molar-refractivity contribution >= 4 is 23.1 Å². The molecule has 0 saturated carbocycles. The molecule has 4 heteroatoms. The van der Waals surface area contributed by atoms with Crippen LogP contribution < -0.4 is 10.6 Å². The summed E-state index contributed by atoms with van der Waals surface area (Å²) in [6.45, 7) is 2.18. The molecule has 17 heavy (non-hydrogen) atoms. The van der Waals surface area contributed by atoms with Crippen molar-refractivity contribution in [3.8, 4) is 6.07 Å². The summed E-state index contributed by atoms with van der Waals surface area (Å²) >= 11 is 1.84. The Balaban J connectivity index is 2.89. The van der Waals surface area contributed by atoms with E-state index in [4.69, 9.17) is 11.0 Å². The smallest absolute Gasteiger partial charge is 0.101 e. The van der Waals surface area contributed by atoms with Crippen molar-refractivity contribution in [2.24, 2.45) is 0 Å². The van der Waals surface area contributed by atoms with Crippen LogP contribution in [0.15, 0.2) is 18.2 Å². The van der Waals surface area contributed by atoms with E-state index in [1.54, 1.807) is 6.07 Å². The van der Waals surface area contributed by atoms with Gasteiger partial charge in [0, 0.05) is 13.1 Å². The Hall–Kier alpha value is -1.34. The number of nitrogens with zero attached hydrogens (tertiary/aromatic N) is 2. The number of hydrogen-bond donors (Lipinski definition) is 1. The number of para-hydroxylation sites is 1. The summed E-state index contributed by atoms with van der Waals surface area (Å²) in [5.74, 6) is 1.13. The van der Waals surface area contributed by atoms with Gasteiger partial charge < -0.3 is 10.6 Å². The lowest BCUT2D eigenvalue weighted by Crippen LogP contribution is -2.30. The zero-order valence-electron chi connectivity index (χ0n) is 10.6. The third-order valence-electron chi connectivity index (χ3n) is 2.98. The Morgan fingerprint density at radius 3 is 2.82 bits per heavy atom. The highest BCUT2D eigenvalue weighted by molar-refractivity contribution is 7.98. The molecule has 1 unspecified atom stereocenters. The van der Waals surface area contributed by atoms with Crippen molar-refractivity contribution < 1.29 is 0 Å². The van der Waals surface area contributed by atoms with Crippen LogP contribution in [0.1, 0.15) is 18.9 Å². The Bertz CT molecular complexity index is 412. The Kier molecular flexibility index (Phi) is 5.17. The van der Waals surface area contributed by atoms with Gasteiger partial charge in [-0.2, -0.15) is 17.0 Å². The van der Waals surface area contributed by atoms with Crippen LogP contribution in [0.4, 0.5) is 11.4 Å². The summed E-state index contributed by atoms with van der Waals surface area (Å²) in [4.78, 5) is 2.15. The van der Waals surface area contributed by atoms with E-state index < -0.39 is 0 Å². The highest BCUT2D eigenvalue weighted by Crippen LogP contribution is 2.27. The summed E-state index contributed by atoms with van der Waals surface area (Å²) < 4.78 is 0. The number of thioether (sulfide) groups is 1. The molecule has 0 amide bonds. The molecule has 1 aromatic rings. The van der Waals surface area contributed by atoms with Gasteiger partial charge in [-0.15, -0.1) is 0 Å². The molecule has 0 aliphatic heterocycles. The third kappa shape index (κ3) is 3.31. The van der Waals surface area contributed by atoms with E-state index in [1.807, 2.05) is 30.9 Å². The minimum Gasteiger partial charge on any atom is -0.396 e. The number of nitrogen functional groups attached to an aromatic ring is 1. The van der Waals surface area contributed by atoms with E-state index in [9.17, 15) is 0 Å². The number of nitriles is 1. The molecular formula is C13H19N3S. The number of benzene rings is 1. The van der Waals surface area contributed by atoms with E-state index in [2.05, 4.69) is 24.1 Å². The van der Waals surface area contributed by atoms with Gasteiger partial charge >= 0.3 is 0 Å². The lowest BCUT2D eigenvalue weighted by Gasteiger charge is -2.28. The zero-order valence-corrected chi connectivity index (χ0v) is 11.4. The first-order valence-corrected chi connectivity index (χ1v) is 7.01. The second kappa shape index (κ2) is 6.41. The van der Waals surface area contributed by atoms with Gasteiger partial charge in [0.15, 0.2) is 0 Å². The highest BCUT2D eigenvalue weighted by atomic mass is 32.2. The predicted octanol–water partition coefficient (Wildman–Crippen LogP) is 2.72. The summed E-state index contributed by atoms with van der Waals surface area (Å²) in [5, 5.41) is 8.95. The molecule has 1 aromatic carbocycles. The average Bonchev–Trinajstić information content (AvgIpc) is 2.35. The fraction of sp³-hybridized carbons (Fsp3) is 0.462. The zero-order chi connectivity index (χ0) is 12.8. The molecule has 0 heterocycles. The number of nitrogens with two attached hydrogens (primary N) is 1. The Morgan fingerprint density at radius 2 is 2.24 bits per heavy atom. The monoisotopic (exact) mass is 249 g/mol. The van der Waals surface area contributed by atoms with Gasteiger partial charge in [-0.3, -0.25) is 0 Å². The van der Waals surface area contributed by atoms with Gasteiger partial charge in [-0.1, -0.05) is 6.07 Å². The van der Waals surface area contributed by atoms with Crippen molar-refractivity contribution in [2.45, 2.75) is 19.4 Å². The lowest BCUT2D eigenvalue weighted by molar-refractivity contribution is 0.670. The molecular weight excluding hydrogens is 230 g/mol. The summed E-state index contributed by atoms with van der Waals surface area (Å²) in [6.07, 6.45) is 3.21. The molecule has 0 aliphatic carbocycles. The molecule has 0 radical (unpaired) electrons. The first kappa shape index (κ1) is 13.7. The summed E-state index contributed by atoms with van der Waals surface area (Å²) in [7, 11) is 2.03. The molecule has 0 bridgehead atoms. The highest BCUT2D eigenvalue weighted by Gasteiger charge is 2.13. The predicted molar refractivity (Wildman–Crippen MR) is 76.4 cm³/mol. The van der Waals surface area contributed by atoms with Crippen LogP contribution in [0.5, 0.6) is 0 Å². The molecule has 0 spiro atoms. The molecule has 3 nitrogen and oxygen atoms in total. The molecule has 92 valence electrons. The molecule has 0 aliphatic rings. The fourth-order valence-electron chi connectivity index (χ4n) is 1.68. The second-order valence-electron chi connectivity index (χ2n) is 4.09. The van der Waals surface area contributed by atoms with E-state index >= 15 is 0 Å². The molecule has 0 aromatic heterocycles. The molecule has 1 atom stereocenters. The van der Waals surface area contributed by atoms with E-state index in [0.29, 0.717) is 17.3 Å². The largest absolute Gasteiger partial charge is 0.396 e. The van der Waals surface area contributed by atoms with Crippen LogP contribution >= 0.6 is 11.8 Å².